The van der Waals surface area contributed by atoms with E-state index in [9.17, 15) is 4.79 Å². The van der Waals surface area contributed by atoms with Crippen LogP contribution in [0.5, 0.6) is 0 Å². The maximum atomic E-state index is 12.0. The third kappa shape index (κ3) is 3.51. The molecule has 116 valence electrons. The van der Waals surface area contributed by atoms with Crippen molar-refractivity contribution in [3.63, 3.8) is 0 Å². The molecular formula is C15H13ClN6O. The highest BCUT2D eigenvalue weighted by atomic mass is 35.5. The quantitative estimate of drug-likeness (QED) is 0.743. The van der Waals surface area contributed by atoms with Gasteiger partial charge in [-0.15, -0.1) is 10.2 Å². The zero-order valence-corrected chi connectivity index (χ0v) is 13.0. The van der Waals surface area contributed by atoms with Crippen molar-refractivity contribution in [1.29, 1.82) is 0 Å². The number of hydrogen-bond donors (Lipinski definition) is 1. The monoisotopic (exact) mass is 328 g/mol. The minimum absolute atomic E-state index is 0.0654. The number of nitrogens with zero attached hydrogens (tertiary/aromatic N) is 5. The highest BCUT2D eigenvalue weighted by Crippen LogP contribution is 2.18. The first-order chi connectivity index (χ1) is 11.1. The van der Waals surface area contributed by atoms with E-state index in [4.69, 9.17) is 11.6 Å². The number of tetrazole rings is 1. The third-order valence-electron chi connectivity index (χ3n) is 3.16. The summed E-state index contributed by atoms with van der Waals surface area (Å²) in [6, 6.07) is 11.1. The molecule has 8 heteroatoms. The SMILES string of the molecule is Cc1ccccc1-c1nnn(CC(=O)Nc2cccnc2Cl)n1. The minimum Gasteiger partial charge on any atom is -0.322 e. The van der Waals surface area contributed by atoms with Crippen LogP contribution >= 0.6 is 11.6 Å². The summed E-state index contributed by atoms with van der Waals surface area (Å²) in [4.78, 5) is 17.2. The molecule has 2 aromatic heterocycles. The molecule has 0 atom stereocenters. The van der Waals surface area contributed by atoms with Crippen LogP contribution in [0.2, 0.25) is 5.15 Å². The number of anilines is 1. The Morgan fingerprint density at radius 3 is 2.87 bits per heavy atom. The van der Waals surface area contributed by atoms with Crippen LogP contribution in [-0.4, -0.2) is 31.1 Å². The molecular weight excluding hydrogens is 316 g/mol. The Bertz CT molecular complexity index is 847. The minimum atomic E-state index is -0.311. The van der Waals surface area contributed by atoms with E-state index in [1.54, 1.807) is 18.3 Å². The van der Waals surface area contributed by atoms with Gasteiger partial charge in [0, 0.05) is 11.8 Å². The van der Waals surface area contributed by atoms with Crippen LogP contribution in [-0.2, 0) is 11.3 Å². The van der Waals surface area contributed by atoms with Gasteiger partial charge in [0.1, 0.15) is 6.54 Å². The molecule has 0 unspecified atom stereocenters. The lowest BCUT2D eigenvalue weighted by atomic mass is 10.1. The second kappa shape index (κ2) is 6.53. The van der Waals surface area contributed by atoms with Gasteiger partial charge in [0.15, 0.2) is 5.15 Å². The molecule has 7 nitrogen and oxygen atoms in total. The first kappa shape index (κ1) is 15.1. The Morgan fingerprint density at radius 1 is 1.26 bits per heavy atom. The second-order valence-corrected chi connectivity index (χ2v) is 5.21. The molecule has 1 aromatic carbocycles. The van der Waals surface area contributed by atoms with E-state index in [0.29, 0.717) is 11.5 Å². The van der Waals surface area contributed by atoms with Gasteiger partial charge in [0.05, 0.1) is 5.69 Å². The van der Waals surface area contributed by atoms with Crippen LogP contribution < -0.4 is 5.32 Å². The van der Waals surface area contributed by atoms with Crippen LogP contribution in [0.25, 0.3) is 11.4 Å². The molecule has 23 heavy (non-hydrogen) atoms. The number of aryl methyl sites for hydroxylation is 1. The van der Waals surface area contributed by atoms with Crippen LogP contribution in [0.4, 0.5) is 5.69 Å². The van der Waals surface area contributed by atoms with Crippen molar-refractivity contribution in [1.82, 2.24) is 25.2 Å². The molecule has 0 spiro atoms. The number of aromatic nitrogens is 5. The zero-order chi connectivity index (χ0) is 16.2. The predicted molar refractivity (Wildman–Crippen MR) is 85.9 cm³/mol. The number of carbonyl (C=O) groups is 1. The Hall–Kier alpha value is -2.80. The number of hydrogen-bond acceptors (Lipinski definition) is 5. The van der Waals surface area contributed by atoms with E-state index in [0.717, 1.165) is 11.1 Å². The topological polar surface area (TPSA) is 85.6 Å². The summed E-state index contributed by atoms with van der Waals surface area (Å²) in [6.07, 6.45) is 1.55. The molecule has 3 aromatic rings. The first-order valence-electron chi connectivity index (χ1n) is 6.87. The van der Waals surface area contributed by atoms with Gasteiger partial charge in [0.25, 0.3) is 0 Å². The predicted octanol–water partition coefficient (Wildman–Crippen LogP) is 2.34. The molecule has 2 heterocycles. The molecule has 1 amide bonds. The van der Waals surface area contributed by atoms with E-state index >= 15 is 0 Å². The average molecular weight is 329 g/mol. The Morgan fingerprint density at radius 2 is 2.09 bits per heavy atom. The first-order valence-corrected chi connectivity index (χ1v) is 7.25. The molecule has 0 aliphatic carbocycles. The molecule has 0 aliphatic rings. The number of rotatable bonds is 4. The molecule has 1 N–H and O–H groups in total. The van der Waals surface area contributed by atoms with Gasteiger partial charge in [0.2, 0.25) is 11.7 Å². The largest absolute Gasteiger partial charge is 0.322 e. The number of amides is 1. The van der Waals surface area contributed by atoms with Crippen molar-refractivity contribution in [3.8, 4) is 11.4 Å². The van der Waals surface area contributed by atoms with Gasteiger partial charge in [-0.1, -0.05) is 35.9 Å². The highest BCUT2D eigenvalue weighted by Gasteiger charge is 2.12. The van der Waals surface area contributed by atoms with Gasteiger partial charge >= 0.3 is 0 Å². The average Bonchev–Trinajstić information content (AvgIpc) is 2.98. The smallest absolute Gasteiger partial charge is 0.248 e. The van der Waals surface area contributed by atoms with Crippen molar-refractivity contribution < 1.29 is 4.79 Å². The Labute approximate surface area is 137 Å². The molecule has 0 radical (unpaired) electrons. The van der Waals surface area contributed by atoms with Crippen LogP contribution in [0.1, 0.15) is 5.56 Å². The summed E-state index contributed by atoms with van der Waals surface area (Å²) >= 11 is 5.90. The van der Waals surface area contributed by atoms with Crippen molar-refractivity contribution in [2.45, 2.75) is 13.5 Å². The van der Waals surface area contributed by atoms with Crippen molar-refractivity contribution in [3.05, 3.63) is 53.3 Å². The van der Waals surface area contributed by atoms with Gasteiger partial charge in [-0.3, -0.25) is 4.79 Å². The fourth-order valence-electron chi connectivity index (χ4n) is 2.04. The lowest BCUT2D eigenvalue weighted by Crippen LogP contribution is -2.20. The fraction of sp³-hybridized carbons (Fsp3) is 0.133. The van der Waals surface area contributed by atoms with Gasteiger partial charge in [-0.2, -0.15) is 4.80 Å². The lowest BCUT2D eigenvalue weighted by Gasteiger charge is -2.05. The highest BCUT2D eigenvalue weighted by molar-refractivity contribution is 6.32. The standard InChI is InChI=1S/C15H13ClN6O/c1-10-5-2-3-6-11(10)15-19-21-22(20-15)9-13(23)18-12-7-4-8-17-14(12)16/h2-8H,9H2,1H3,(H,18,23). The third-order valence-corrected chi connectivity index (χ3v) is 3.46. The summed E-state index contributed by atoms with van der Waals surface area (Å²) in [6.45, 7) is 1.90. The molecule has 0 aliphatic heterocycles. The number of benzene rings is 1. The van der Waals surface area contributed by atoms with Crippen molar-refractivity contribution >= 4 is 23.2 Å². The van der Waals surface area contributed by atoms with Crippen molar-refractivity contribution in [2.75, 3.05) is 5.32 Å². The second-order valence-electron chi connectivity index (χ2n) is 4.85. The van der Waals surface area contributed by atoms with Crippen LogP contribution in [0, 0.1) is 6.92 Å². The van der Waals surface area contributed by atoms with E-state index in [2.05, 4.69) is 25.7 Å². The normalized spacial score (nSPS) is 10.5. The molecule has 0 fully saturated rings. The summed E-state index contributed by atoms with van der Waals surface area (Å²) < 4.78 is 0. The maximum Gasteiger partial charge on any atom is 0.248 e. The van der Waals surface area contributed by atoms with Gasteiger partial charge < -0.3 is 5.32 Å². The maximum absolute atomic E-state index is 12.0. The molecule has 0 saturated carbocycles. The fourth-order valence-corrected chi connectivity index (χ4v) is 2.21. The number of pyridine rings is 1. The van der Waals surface area contributed by atoms with E-state index in [1.165, 1.54) is 4.80 Å². The summed E-state index contributed by atoms with van der Waals surface area (Å²) in [7, 11) is 0. The molecule has 3 rings (SSSR count). The van der Waals surface area contributed by atoms with Crippen LogP contribution in [0.3, 0.4) is 0 Å². The van der Waals surface area contributed by atoms with E-state index in [1.807, 2.05) is 31.2 Å². The number of nitrogens with one attached hydrogen (secondary N) is 1. The molecule has 0 saturated heterocycles. The van der Waals surface area contributed by atoms with Crippen molar-refractivity contribution in [2.24, 2.45) is 0 Å². The number of halogens is 1. The number of carbonyl (C=O) groups excluding carboxylic acids is 1. The Balaban J connectivity index is 1.71. The van der Waals surface area contributed by atoms with E-state index in [-0.39, 0.29) is 17.6 Å². The zero-order valence-electron chi connectivity index (χ0n) is 12.3. The molecule has 0 bridgehead atoms. The Kier molecular flexibility index (Phi) is 4.29. The van der Waals surface area contributed by atoms with Crippen LogP contribution in [0.15, 0.2) is 42.6 Å². The summed E-state index contributed by atoms with van der Waals surface area (Å²) in [5, 5.41) is 15.0. The van der Waals surface area contributed by atoms with Gasteiger partial charge in [-0.25, -0.2) is 4.98 Å². The van der Waals surface area contributed by atoms with E-state index < -0.39 is 0 Å². The van der Waals surface area contributed by atoms with Gasteiger partial charge in [-0.05, 0) is 29.8 Å². The summed E-state index contributed by atoms with van der Waals surface area (Å²) in [5.74, 6) is 0.170. The summed E-state index contributed by atoms with van der Waals surface area (Å²) in [5.41, 5.74) is 2.37. The lowest BCUT2D eigenvalue weighted by molar-refractivity contribution is -0.117.